The molecule has 1 saturated heterocycles. The minimum atomic E-state index is -0.0623. The number of hydrogen-bond donors (Lipinski definition) is 2. The quantitative estimate of drug-likeness (QED) is 0.658. The van der Waals surface area contributed by atoms with Gasteiger partial charge in [0, 0.05) is 31.8 Å². The number of carbonyl (C=O) groups is 1. The van der Waals surface area contributed by atoms with Crippen LogP contribution in [0.3, 0.4) is 0 Å². The lowest BCUT2D eigenvalue weighted by Gasteiger charge is -2.47. The molecule has 1 aliphatic rings. The Balaban J connectivity index is 2.17. The molecule has 1 unspecified atom stereocenters. The van der Waals surface area contributed by atoms with Crippen molar-refractivity contribution in [3.63, 3.8) is 0 Å². The van der Waals surface area contributed by atoms with E-state index < -0.39 is 0 Å². The monoisotopic (exact) mass is 243 g/mol. The normalized spacial score (nSPS) is 20.7. The van der Waals surface area contributed by atoms with Gasteiger partial charge in [-0.2, -0.15) is 0 Å². The first-order chi connectivity index (χ1) is 7.99. The van der Waals surface area contributed by atoms with Crippen LogP contribution in [0.1, 0.15) is 26.7 Å². The summed E-state index contributed by atoms with van der Waals surface area (Å²) in [7, 11) is 1.63. The molecule has 17 heavy (non-hydrogen) atoms. The van der Waals surface area contributed by atoms with Gasteiger partial charge in [-0.05, 0) is 13.3 Å². The summed E-state index contributed by atoms with van der Waals surface area (Å²) >= 11 is 0. The molecule has 0 aromatic heterocycles. The average Bonchev–Trinajstić information content (AvgIpc) is 2.15. The Morgan fingerprint density at radius 1 is 1.59 bits per heavy atom. The second kappa shape index (κ2) is 6.33. The number of carbonyl (C=O) groups excluding carboxylic acids is 1. The van der Waals surface area contributed by atoms with Crippen LogP contribution in [0.4, 0.5) is 0 Å². The van der Waals surface area contributed by atoms with Crippen LogP contribution in [0.15, 0.2) is 0 Å². The molecule has 100 valence electrons. The van der Waals surface area contributed by atoms with Gasteiger partial charge < -0.3 is 15.8 Å². The first kappa shape index (κ1) is 14.4. The van der Waals surface area contributed by atoms with Gasteiger partial charge in [-0.3, -0.25) is 9.69 Å². The van der Waals surface area contributed by atoms with Gasteiger partial charge in [-0.1, -0.05) is 13.3 Å². The second-order valence-corrected chi connectivity index (χ2v) is 5.18. The SMILES string of the molecule is CCCC1(N)CN(CC(=O)NC(C)COC)C1. The van der Waals surface area contributed by atoms with Crippen LogP contribution in [-0.2, 0) is 9.53 Å². The molecule has 0 aliphatic carbocycles. The number of nitrogens with zero attached hydrogens (tertiary/aromatic N) is 1. The van der Waals surface area contributed by atoms with E-state index in [1.165, 1.54) is 0 Å². The molecule has 1 aliphatic heterocycles. The third kappa shape index (κ3) is 4.61. The van der Waals surface area contributed by atoms with Crippen molar-refractivity contribution in [2.24, 2.45) is 5.73 Å². The summed E-state index contributed by atoms with van der Waals surface area (Å²) in [6, 6.07) is 0.0621. The maximum absolute atomic E-state index is 11.7. The molecule has 0 aromatic rings. The van der Waals surface area contributed by atoms with E-state index in [0.717, 1.165) is 25.9 Å². The molecule has 3 N–H and O–H groups in total. The van der Waals surface area contributed by atoms with Crippen molar-refractivity contribution >= 4 is 5.91 Å². The van der Waals surface area contributed by atoms with Crippen LogP contribution < -0.4 is 11.1 Å². The molecular formula is C12H25N3O2. The molecule has 0 aromatic carbocycles. The fourth-order valence-corrected chi connectivity index (χ4v) is 2.43. The highest BCUT2D eigenvalue weighted by atomic mass is 16.5. The van der Waals surface area contributed by atoms with Crippen LogP contribution in [0.2, 0.25) is 0 Å². The third-order valence-electron chi connectivity index (χ3n) is 3.02. The van der Waals surface area contributed by atoms with Gasteiger partial charge in [0.1, 0.15) is 0 Å². The highest BCUT2D eigenvalue weighted by molar-refractivity contribution is 5.78. The molecule has 0 saturated carbocycles. The maximum Gasteiger partial charge on any atom is 0.234 e. The largest absolute Gasteiger partial charge is 0.383 e. The molecule has 5 nitrogen and oxygen atoms in total. The van der Waals surface area contributed by atoms with Crippen molar-refractivity contribution in [2.45, 2.75) is 38.3 Å². The van der Waals surface area contributed by atoms with Crippen molar-refractivity contribution in [3.8, 4) is 0 Å². The summed E-state index contributed by atoms with van der Waals surface area (Å²) in [5.41, 5.74) is 6.07. The Labute approximate surface area is 104 Å². The van der Waals surface area contributed by atoms with Gasteiger partial charge in [0.05, 0.1) is 13.2 Å². The molecule has 0 radical (unpaired) electrons. The molecule has 1 amide bonds. The van der Waals surface area contributed by atoms with Gasteiger partial charge in [0.15, 0.2) is 0 Å². The van der Waals surface area contributed by atoms with Crippen LogP contribution in [0.5, 0.6) is 0 Å². The maximum atomic E-state index is 11.7. The fraction of sp³-hybridized carbons (Fsp3) is 0.917. The van der Waals surface area contributed by atoms with Crippen LogP contribution >= 0.6 is 0 Å². The van der Waals surface area contributed by atoms with E-state index in [1.54, 1.807) is 7.11 Å². The van der Waals surface area contributed by atoms with Crippen LogP contribution in [0.25, 0.3) is 0 Å². The van der Waals surface area contributed by atoms with Crippen LogP contribution in [-0.4, -0.2) is 55.7 Å². The van der Waals surface area contributed by atoms with E-state index in [1.807, 2.05) is 6.92 Å². The highest BCUT2D eigenvalue weighted by Crippen LogP contribution is 2.22. The first-order valence-corrected chi connectivity index (χ1v) is 6.28. The van der Waals surface area contributed by atoms with E-state index in [9.17, 15) is 4.79 Å². The lowest BCUT2D eigenvalue weighted by molar-refractivity contribution is -0.125. The molecule has 0 bridgehead atoms. The number of nitrogens with one attached hydrogen (secondary N) is 1. The zero-order chi connectivity index (χ0) is 12.9. The van der Waals surface area contributed by atoms with Crippen molar-refractivity contribution in [3.05, 3.63) is 0 Å². The van der Waals surface area contributed by atoms with E-state index in [4.69, 9.17) is 10.5 Å². The Kier molecular flexibility index (Phi) is 5.36. The molecule has 1 atom stereocenters. The first-order valence-electron chi connectivity index (χ1n) is 6.28. The van der Waals surface area contributed by atoms with Crippen molar-refractivity contribution in [2.75, 3.05) is 33.4 Å². The predicted molar refractivity (Wildman–Crippen MR) is 67.7 cm³/mol. The van der Waals surface area contributed by atoms with E-state index in [2.05, 4.69) is 17.1 Å². The number of rotatable bonds is 7. The van der Waals surface area contributed by atoms with Gasteiger partial charge in [-0.25, -0.2) is 0 Å². The molecule has 1 heterocycles. The van der Waals surface area contributed by atoms with Crippen molar-refractivity contribution in [1.29, 1.82) is 0 Å². The molecule has 0 spiro atoms. The number of ether oxygens (including phenoxy) is 1. The van der Waals surface area contributed by atoms with Crippen LogP contribution in [0, 0.1) is 0 Å². The Bertz CT molecular complexity index is 252. The minimum Gasteiger partial charge on any atom is -0.383 e. The zero-order valence-electron chi connectivity index (χ0n) is 11.2. The van der Waals surface area contributed by atoms with E-state index >= 15 is 0 Å². The summed E-state index contributed by atoms with van der Waals surface area (Å²) in [6.45, 7) is 6.71. The molecule has 5 heteroatoms. The summed E-state index contributed by atoms with van der Waals surface area (Å²) in [4.78, 5) is 13.7. The Hall–Kier alpha value is -0.650. The fourth-order valence-electron chi connectivity index (χ4n) is 2.43. The highest BCUT2D eigenvalue weighted by Gasteiger charge is 2.38. The third-order valence-corrected chi connectivity index (χ3v) is 3.02. The summed E-state index contributed by atoms with van der Waals surface area (Å²) < 4.78 is 4.97. The van der Waals surface area contributed by atoms with Gasteiger partial charge in [0.2, 0.25) is 5.91 Å². The van der Waals surface area contributed by atoms with Gasteiger partial charge in [-0.15, -0.1) is 0 Å². The summed E-state index contributed by atoms with van der Waals surface area (Å²) in [6.07, 6.45) is 2.13. The number of methoxy groups -OCH3 is 1. The molecule has 1 rings (SSSR count). The number of likely N-dealkylation sites (tertiary alicyclic amines) is 1. The smallest absolute Gasteiger partial charge is 0.234 e. The topological polar surface area (TPSA) is 67.6 Å². The number of nitrogens with two attached hydrogens (primary N) is 1. The predicted octanol–water partition coefficient (Wildman–Crippen LogP) is -0.0493. The molecule has 1 fully saturated rings. The Morgan fingerprint density at radius 3 is 2.76 bits per heavy atom. The number of hydrogen-bond acceptors (Lipinski definition) is 4. The molecular weight excluding hydrogens is 218 g/mol. The van der Waals surface area contributed by atoms with Crippen molar-refractivity contribution < 1.29 is 9.53 Å². The lowest BCUT2D eigenvalue weighted by Crippen LogP contribution is -2.68. The second-order valence-electron chi connectivity index (χ2n) is 5.18. The zero-order valence-corrected chi connectivity index (χ0v) is 11.2. The summed E-state index contributed by atoms with van der Waals surface area (Å²) in [5, 5.41) is 2.89. The standard InChI is InChI=1S/C12H25N3O2/c1-4-5-12(13)8-15(9-12)6-11(16)14-10(2)7-17-3/h10H,4-9,13H2,1-3H3,(H,14,16). The van der Waals surface area contributed by atoms with Gasteiger partial charge >= 0.3 is 0 Å². The minimum absolute atomic E-state index is 0.0492. The summed E-state index contributed by atoms with van der Waals surface area (Å²) in [5.74, 6) is 0.0492. The Morgan fingerprint density at radius 2 is 2.24 bits per heavy atom. The number of amides is 1. The van der Waals surface area contributed by atoms with Gasteiger partial charge in [0.25, 0.3) is 0 Å². The lowest BCUT2D eigenvalue weighted by atomic mass is 9.86. The van der Waals surface area contributed by atoms with Crippen molar-refractivity contribution in [1.82, 2.24) is 10.2 Å². The van der Waals surface area contributed by atoms with E-state index in [-0.39, 0.29) is 17.5 Å². The van der Waals surface area contributed by atoms with E-state index in [0.29, 0.717) is 13.2 Å². The average molecular weight is 243 g/mol.